The van der Waals surface area contributed by atoms with E-state index in [0.29, 0.717) is 25.8 Å². The molecule has 2 aromatic carbocycles. The molecule has 3 N–H and O–H groups in total. The molecular formula is C18H23N3O3S. The first kappa shape index (κ1) is 19.0. The summed E-state index contributed by atoms with van der Waals surface area (Å²) in [6.45, 7) is 0.362. The number of anilines is 1. The van der Waals surface area contributed by atoms with Gasteiger partial charge in [-0.15, -0.1) is 0 Å². The molecule has 0 fully saturated rings. The Labute approximate surface area is 148 Å². The van der Waals surface area contributed by atoms with E-state index in [4.69, 9.17) is 0 Å². The lowest BCUT2D eigenvalue weighted by Gasteiger charge is -2.08. The van der Waals surface area contributed by atoms with Gasteiger partial charge in [0.2, 0.25) is 15.9 Å². The number of para-hydroxylation sites is 1. The lowest BCUT2D eigenvalue weighted by Crippen LogP contribution is -2.29. The van der Waals surface area contributed by atoms with Gasteiger partial charge in [-0.2, -0.15) is 0 Å². The molecule has 0 saturated heterocycles. The van der Waals surface area contributed by atoms with Crippen LogP contribution in [0.1, 0.15) is 25.7 Å². The molecule has 134 valence electrons. The van der Waals surface area contributed by atoms with Crippen molar-refractivity contribution in [1.82, 2.24) is 10.1 Å². The number of amides is 1. The second-order valence-corrected chi connectivity index (χ2v) is 7.33. The molecule has 0 heterocycles. The molecule has 2 rings (SSSR count). The van der Waals surface area contributed by atoms with Crippen molar-refractivity contribution in [3.8, 4) is 0 Å². The highest BCUT2D eigenvalue weighted by Crippen LogP contribution is 2.08. The van der Waals surface area contributed by atoms with E-state index in [0.717, 1.165) is 12.1 Å². The van der Waals surface area contributed by atoms with Crippen molar-refractivity contribution in [2.24, 2.45) is 0 Å². The van der Waals surface area contributed by atoms with E-state index < -0.39 is 10.0 Å². The fourth-order valence-corrected chi connectivity index (χ4v) is 3.30. The van der Waals surface area contributed by atoms with Crippen molar-refractivity contribution in [2.45, 2.75) is 30.6 Å². The highest BCUT2D eigenvalue weighted by molar-refractivity contribution is 7.89. The van der Waals surface area contributed by atoms with Gasteiger partial charge in [-0.3, -0.25) is 15.6 Å². The molecule has 0 aliphatic rings. The van der Waals surface area contributed by atoms with Crippen molar-refractivity contribution in [3.63, 3.8) is 0 Å². The number of hydrazine groups is 1. The quantitative estimate of drug-likeness (QED) is 0.448. The molecule has 2 aromatic rings. The second kappa shape index (κ2) is 9.80. The van der Waals surface area contributed by atoms with Crippen LogP contribution in [0.4, 0.5) is 5.69 Å². The zero-order valence-electron chi connectivity index (χ0n) is 13.9. The van der Waals surface area contributed by atoms with Crippen LogP contribution in [0.5, 0.6) is 0 Å². The molecule has 0 aromatic heterocycles. The van der Waals surface area contributed by atoms with Gasteiger partial charge in [-0.25, -0.2) is 13.1 Å². The predicted octanol–water partition coefficient (Wildman–Crippen LogP) is 2.67. The van der Waals surface area contributed by atoms with Gasteiger partial charge in [0.15, 0.2) is 0 Å². The van der Waals surface area contributed by atoms with Gasteiger partial charge < -0.3 is 0 Å². The zero-order chi connectivity index (χ0) is 18.0. The Morgan fingerprint density at radius 1 is 0.840 bits per heavy atom. The molecule has 0 spiro atoms. The van der Waals surface area contributed by atoms with E-state index in [1.54, 1.807) is 30.3 Å². The minimum absolute atomic E-state index is 0.0891. The third-order valence-electron chi connectivity index (χ3n) is 3.55. The Morgan fingerprint density at radius 2 is 1.48 bits per heavy atom. The third-order valence-corrected chi connectivity index (χ3v) is 5.02. The number of carbonyl (C=O) groups excluding carboxylic acids is 1. The lowest BCUT2D eigenvalue weighted by atomic mass is 10.2. The minimum Gasteiger partial charge on any atom is -0.299 e. The molecule has 7 heteroatoms. The number of benzene rings is 2. The summed E-state index contributed by atoms with van der Waals surface area (Å²) in [4.78, 5) is 12.0. The number of unbranched alkanes of at least 4 members (excludes halogenated alkanes) is 2. The summed E-state index contributed by atoms with van der Waals surface area (Å²) in [7, 11) is -3.44. The summed E-state index contributed by atoms with van der Waals surface area (Å²) >= 11 is 0. The molecule has 0 atom stereocenters. The van der Waals surface area contributed by atoms with E-state index in [9.17, 15) is 13.2 Å². The van der Waals surface area contributed by atoms with E-state index >= 15 is 0 Å². The van der Waals surface area contributed by atoms with Crippen LogP contribution in [0, 0.1) is 0 Å². The van der Waals surface area contributed by atoms with Crippen molar-refractivity contribution in [1.29, 1.82) is 0 Å². The number of hydrogen-bond acceptors (Lipinski definition) is 4. The molecule has 6 nitrogen and oxygen atoms in total. The minimum atomic E-state index is -3.44. The van der Waals surface area contributed by atoms with Crippen molar-refractivity contribution >= 4 is 21.6 Å². The van der Waals surface area contributed by atoms with Crippen LogP contribution in [-0.2, 0) is 14.8 Å². The van der Waals surface area contributed by atoms with Crippen LogP contribution in [0.3, 0.4) is 0 Å². The van der Waals surface area contributed by atoms with E-state index in [1.165, 1.54) is 0 Å². The van der Waals surface area contributed by atoms with E-state index in [-0.39, 0.29) is 10.8 Å². The van der Waals surface area contributed by atoms with Crippen LogP contribution >= 0.6 is 0 Å². The first-order valence-electron chi connectivity index (χ1n) is 8.22. The van der Waals surface area contributed by atoms with Crippen molar-refractivity contribution in [3.05, 3.63) is 60.7 Å². The number of sulfonamides is 1. The van der Waals surface area contributed by atoms with Gasteiger partial charge in [0, 0.05) is 13.0 Å². The zero-order valence-corrected chi connectivity index (χ0v) is 14.8. The number of carbonyl (C=O) groups is 1. The molecule has 0 unspecified atom stereocenters. The van der Waals surface area contributed by atoms with Gasteiger partial charge in [0.1, 0.15) is 0 Å². The van der Waals surface area contributed by atoms with Gasteiger partial charge in [0.25, 0.3) is 0 Å². The predicted molar refractivity (Wildman–Crippen MR) is 98.3 cm³/mol. The molecule has 0 bridgehead atoms. The Kier molecular flexibility index (Phi) is 7.43. The average molecular weight is 361 g/mol. The van der Waals surface area contributed by atoms with Crippen LogP contribution in [0.15, 0.2) is 65.6 Å². The summed E-state index contributed by atoms with van der Waals surface area (Å²) in [5.74, 6) is -0.0891. The average Bonchev–Trinajstić information content (AvgIpc) is 2.64. The summed E-state index contributed by atoms with van der Waals surface area (Å²) in [5.41, 5.74) is 6.30. The Balaban J connectivity index is 1.56. The maximum atomic E-state index is 12.0. The summed E-state index contributed by atoms with van der Waals surface area (Å²) < 4.78 is 26.6. The first-order chi connectivity index (χ1) is 12.1. The number of nitrogens with one attached hydrogen (secondary N) is 3. The largest absolute Gasteiger partial charge is 0.299 e. The summed E-state index contributed by atoms with van der Waals surface area (Å²) in [6.07, 6.45) is 2.56. The highest BCUT2D eigenvalue weighted by atomic mass is 32.2. The molecule has 0 aliphatic carbocycles. The number of rotatable bonds is 10. The van der Waals surface area contributed by atoms with Gasteiger partial charge in [-0.05, 0) is 37.1 Å². The Morgan fingerprint density at radius 3 is 2.16 bits per heavy atom. The topological polar surface area (TPSA) is 87.3 Å². The standard InChI is InChI=1S/C18H23N3O3S/c22-18(21-20-16-10-4-1-5-11-16)14-8-3-9-15-19-25(23,24)17-12-6-2-7-13-17/h1-2,4-7,10-13,19-20H,3,8-9,14-15H2,(H,21,22). The fraction of sp³-hybridized carbons (Fsp3) is 0.278. The second-order valence-electron chi connectivity index (χ2n) is 5.56. The maximum absolute atomic E-state index is 12.0. The molecule has 1 amide bonds. The van der Waals surface area contributed by atoms with Gasteiger partial charge >= 0.3 is 0 Å². The normalized spacial score (nSPS) is 11.0. The molecule has 25 heavy (non-hydrogen) atoms. The first-order valence-corrected chi connectivity index (χ1v) is 9.71. The molecular weight excluding hydrogens is 338 g/mol. The number of hydrogen-bond donors (Lipinski definition) is 3. The molecule has 0 radical (unpaired) electrons. The Hall–Kier alpha value is -2.38. The van der Waals surface area contributed by atoms with Crippen LogP contribution in [-0.4, -0.2) is 20.9 Å². The van der Waals surface area contributed by atoms with Crippen molar-refractivity contribution in [2.75, 3.05) is 12.0 Å². The van der Waals surface area contributed by atoms with E-state index in [2.05, 4.69) is 15.6 Å². The van der Waals surface area contributed by atoms with Crippen LogP contribution < -0.4 is 15.6 Å². The smallest absolute Gasteiger partial charge is 0.240 e. The summed E-state index contributed by atoms with van der Waals surface area (Å²) in [5, 5.41) is 0. The molecule has 0 saturated carbocycles. The maximum Gasteiger partial charge on any atom is 0.240 e. The van der Waals surface area contributed by atoms with Gasteiger partial charge in [-0.1, -0.05) is 42.8 Å². The van der Waals surface area contributed by atoms with E-state index in [1.807, 2.05) is 30.3 Å². The lowest BCUT2D eigenvalue weighted by molar-refractivity contribution is -0.120. The van der Waals surface area contributed by atoms with Gasteiger partial charge in [0.05, 0.1) is 10.6 Å². The third kappa shape index (κ3) is 6.94. The highest BCUT2D eigenvalue weighted by Gasteiger charge is 2.11. The fourth-order valence-electron chi connectivity index (χ4n) is 2.20. The van der Waals surface area contributed by atoms with Crippen LogP contribution in [0.25, 0.3) is 0 Å². The van der Waals surface area contributed by atoms with Crippen LogP contribution in [0.2, 0.25) is 0 Å². The molecule has 0 aliphatic heterocycles. The SMILES string of the molecule is O=C(CCCCCNS(=O)(=O)c1ccccc1)NNc1ccccc1. The monoisotopic (exact) mass is 361 g/mol. The van der Waals surface area contributed by atoms with Crippen molar-refractivity contribution < 1.29 is 13.2 Å². The summed E-state index contributed by atoms with van der Waals surface area (Å²) in [6, 6.07) is 17.7. The Bertz CT molecular complexity index is 750.